The first kappa shape index (κ1) is 13.7. The van der Waals surface area contributed by atoms with E-state index in [9.17, 15) is 14.7 Å². The normalized spacial score (nSPS) is 11.8. The highest BCUT2D eigenvalue weighted by atomic mass is 79.9. The molecule has 1 rings (SSSR count). The summed E-state index contributed by atoms with van der Waals surface area (Å²) < 4.78 is 4.99. The molecule has 1 aromatic carbocycles. The maximum Gasteiger partial charge on any atom is 0.306 e. The first-order valence-electron chi connectivity index (χ1n) is 5.14. The van der Waals surface area contributed by atoms with Crippen molar-refractivity contribution in [2.45, 2.75) is 24.3 Å². The Balaban J connectivity index is 2.24. The Labute approximate surface area is 108 Å². The molecule has 0 saturated carbocycles. The van der Waals surface area contributed by atoms with Gasteiger partial charge in [-0.2, -0.15) is 0 Å². The van der Waals surface area contributed by atoms with Crippen molar-refractivity contribution < 1.29 is 19.4 Å². The first-order valence-corrected chi connectivity index (χ1v) is 6.05. The molecule has 0 spiro atoms. The van der Waals surface area contributed by atoms with Gasteiger partial charge in [-0.25, -0.2) is 0 Å². The number of halogens is 1. The zero-order valence-corrected chi connectivity index (χ0v) is 10.7. The lowest BCUT2D eigenvalue weighted by atomic mass is 10.2. The summed E-state index contributed by atoms with van der Waals surface area (Å²) in [7, 11) is 0. The molecule has 0 saturated heterocycles. The minimum absolute atomic E-state index is 0.0523. The number of benzene rings is 1. The molecular formula is C12H12BrO4-. The largest absolute Gasteiger partial charge is 0.549 e. The van der Waals surface area contributed by atoms with Crippen molar-refractivity contribution in [3.05, 3.63) is 35.9 Å². The molecule has 0 N–H and O–H groups in total. The van der Waals surface area contributed by atoms with E-state index in [1.54, 1.807) is 0 Å². The van der Waals surface area contributed by atoms with E-state index < -0.39 is 16.8 Å². The van der Waals surface area contributed by atoms with Crippen molar-refractivity contribution in [2.75, 3.05) is 0 Å². The van der Waals surface area contributed by atoms with Crippen LogP contribution < -0.4 is 5.11 Å². The Hall–Kier alpha value is -1.36. The lowest BCUT2D eigenvalue weighted by molar-refractivity contribution is -0.304. The van der Waals surface area contributed by atoms with Crippen LogP contribution in [0.25, 0.3) is 0 Å². The molecule has 0 amide bonds. The van der Waals surface area contributed by atoms with Crippen LogP contribution >= 0.6 is 15.9 Å². The molecule has 0 bridgehead atoms. The van der Waals surface area contributed by atoms with Crippen LogP contribution in [-0.2, 0) is 20.9 Å². The summed E-state index contributed by atoms with van der Waals surface area (Å²) in [4.78, 5) is 20.9. The average molecular weight is 300 g/mol. The number of ether oxygens (including phenoxy) is 1. The van der Waals surface area contributed by atoms with Gasteiger partial charge in [0.25, 0.3) is 0 Å². The monoisotopic (exact) mass is 299 g/mol. The van der Waals surface area contributed by atoms with E-state index >= 15 is 0 Å². The predicted octanol–water partition coefficient (Wildman–Crippen LogP) is 1.02. The Morgan fingerprint density at radius 3 is 2.53 bits per heavy atom. The zero-order valence-electron chi connectivity index (χ0n) is 9.10. The first-order chi connectivity index (χ1) is 8.09. The van der Waals surface area contributed by atoms with Crippen LogP contribution in [0.5, 0.6) is 0 Å². The van der Waals surface area contributed by atoms with E-state index in [2.05, 4.69) is 15.9 Å². The number of carbonyl (C=O) groups excluding carboxylic acids is 2. The van der Waals surface area contributed by atoms with Gasteiger partial charge in [-0.1, -0.05) is 46.3 Å². The second kappa shape index (κ2) is 7.06. The molecule has 1 aromatic rings. The van der Waals surface area contributed by atoms with Crippen LogP contribution in [0.1, 0.15) is 18.4 Å². The zero-order chi connectivity index (χ0) is 12.7. The van der Waals surface area contributed by atoms with E-state index in [1.165, 1.54) is 0 Å². The fourth-order valence-corrected chi connectivity index (χ4v) is 1.40. The summed E-state index contributed by atoms with van der Waals surface area (Å²) in [5, 5.41) is 10.4. The third kappa shape index (κ3) is 5.49. The highest BCUT2D eigenvalue weighted by Gasteiger charge is 2.09. The van der Waals surface area contributed by atoms with Gasteiger partial charge in [0.1, 0.15) is 6.61 Å². The molecule has 0 heterocycles. The number of hydrogen-bond donors (Lipinski definition) is 0. The van der Waals surface area contributed by atoms with Gasteiger partial charge in [0.05, 0.1) is 10.8 Å². The van der Waals surface area contributed by atoms with Crippen LogP contribution in [-0.4, -0.2) is 16.8 Å². The standard InChI is InChI=1S/C12H13BrO4/c13-10(12(15)16)6-7-11(14)17-8-9-4-2-1-3-5-9/h1-5,10H,6-8H2,(H,15,16)/p-1/t10-/m0/s1. The number of carbonyl (C=O) groups is 2. The van der Waals surface area contributed by atoms with Gasteiger partial charge in [-0.3, -0.25) is 4.79 Å². The Kier molecular flexibility index (Phi) is 5.69. The van der Waals surface area contributed by atoms with Gasteiger partial charge >= 0.3 is 5.97 Å². The van der Waals surface area contributed by atoms with Gasteiger partial charge in [-0.15, -0.1) is 0 Å². The van der Waals surface area contributed by atoms with Crippen LogP contribution in [0.2, 0.25) is 0 Å². The molecule has 4 nitrogen and oxygen atoms in total. The summed E-state index contributed by atoms with van der Waals surface area (Å²) in [5.41, 5.74) is 0.899. The van der Waals surface area contributed by atoms with Gasteiger partial charge in [-0.05, 0) is 12.0 Å². The van der Waals surface area contributed by atoms with E-state index in [-0.39, 0.29) is 19.4 Å². The van der Waals surface area contributed by atoms with Crippen LogP contribution in [0.3, 0.4) is 0 Å². The lowest BCUT2D eigenvalue weighted by Gasteiger charge is -2.10. The Bertz CT molecular complexity index is 377. The second-order valence-corrected chi connectivity index (χ2v) is 4.58. The third-order valence-electron chi connectivity index (χ3n) is 2.10. The summed E-state index contributed by atoms with van der Waals surface area (Å²) in [6, 6.07) is 9.28. The fraction of sp³-hybridized carbons (Fsp3) is 0.333. The van der Waals surface area contributed by atoms with Gasteiger partial charge < -0.3 is 14.6 Å². The molecule has 17 heavy (non-hydrogen) atoms. The maximum atomic E-state index is 11.3. The lowest BCUT2D eigenvalue weighted by Crippen LogP contribution is -2.32. The van der Waals surface area contributed by atoms with Crippen molar-refractivity contribution in [3.8, 4) is 0 Å². The highest BCUT2D eigenvalue weighted by Crippen LogP contribution is 2.09. The number of hydrogen-bond acceptors (Lipinski definition) is 4. The number of carboxylic acid groups (broad SMARTS) is 1. The predicted molar refractivity (Wildman–Crippen MR) is 63.2 cm³/mol. The number of alkyl halides is 1. The van der Waals surface area contributed by atoms with Crippen molar-refractivity contribution in [1.82, 2.24) is 0 Å². The van der Waals surface area contributed by atoms with Crippen LogP contribution in [0, 0.1) is 0 Å². The molecule has 0 aliphatic rings. The van der Waals surface area contributed by atoms with E-state index in [0.717, 1.165) is 5.56 Å². The maximum absolute atomic E-state index is 11.3. The summed E-state index contributed by atoms with van der Waals surface area (Å²) >= 11 is 2.90. The smallest absolute Gasteiger partial charge is 0.306 e. The molecule has 0 aromatic heterocycles. The van der Waals surface area contributed by atoms with E-state index in [0.29, 0.717) is 0 Å². The third-order valence-corrected chi connectivity index (χ3v) is 2.93. The molecule has 0 aliphatic heterocycles. The molecule has 0 unspecified atom stereocenters. The van der Waals surface area contributed by atoms with Crippen LogP contribution in [0.4, 0.5) is 0 Å². The number of aliphatic carboxylic acids is 1. The van der Waals surface area contributed by atoms with Gasteiger partial charge in [0, 0.05) is 6.42 Å². The average Bonchev–Trinajstić information content (AvgIpc) is 2.34. The number of rotatable bonds is 6. The fourth-order valence-electron chi connectivity index (χ4n) is 1.17. The topological polar surface area (TPSA) is 66.4 Å². The molecule has 0 radical (unpaired) electrons. The SMILES string of the molecule is O=C(CC[C@H](Br)C(=O)[O-])OCc1ccccc1. The summed E-state index contributed by atoms with van der Waals surface area (Å²) in [6.45, 7) is 0.206. The van der Waals surface area contributed by atoms with Crippen LogP contribution in [0.15, 0.2) is 30.3 Å². The summed E-state index contributed by atoms with van der Waals surface area (Å²) in [5.74, 6) is -1.64. The van der Waals surface area contributed by atoms with Crippen molar-refractivity contribution in [1.29, 1.82) is 0 Å². The van der Waals surface area contributed by atoms with Crippen molar-refractivity contribution in [2.24, 2.45) is 0 Å². The Morgan fingerprint density at radius 1 is 1.29 bits per heavy atom. The number of carboxylic acids is 1. The number of esters is 1. The molecule has 1 atom stereocenters. The molecule has 0 aliphatic carbocycles. The van der Waals surface area contributed by atoms with E-state index in [1.807, 2.05) is 30.3 Å². The molecular weight excluding hydrogens is 288 g/mol. The highest BCUT2D eigenvalue weighted by molar-refractivity contribution is 9.10. The minimum atomic E-state index is -1.22. The molecule has 5 heteroatoms. The van der Waals surface area contributed by atoms with Gasteiger partial charge in [0.15, 0.2) is 0 Å². The summed E-state index contributed by atoms with van der Waals surface area (Å²) in [6.07, 6.45) is 0.215. The van der Waals surface area contributed by atoms with E-state index in [4.69, 9.17) is 4.74 Å². The Morgan fingerprint density at radius 2 is 1.94 bits per heavy atom. The van der Waals surface area contributed by atoms with Crippen molar-refractivity contribution >= 4 is 27.9 Å². The minimum Gasteiger partial charge on any atom is -0.549 e. The van der Waals surface area contributed by atoms with Gasteiger partial charge in [0.2, 0.25) is 0 Å². The molecule has 92 valence electrons. The molecule has 0 fully saturated rings. The quantitative estimate of drug-likeness (QED) is 0.581. The second-order valence-electron chi connectivity index (χ2n) is 3.47. The van der Waals surface area contributed by atoms with Crippen molar-refractivity contribution in [3.63, 3.8) is 0 Å².